The van der Waals surface area contributed by atoms with E-state index >= 15 is 0 Å². The number of hydrogen-bond donors (Lipinski definition) is 0. The summed E-state index contributed by atoms with van der Waals surface area (Å²) in [6.45, 7) is 0. The third-order valence-electron chi connectivity index (χ3n) is 9.82. The normalized spacial score (nSPS) is 12.9. The number of rotatable bonds is 5. The van der Waals surface area contributed by atoms with Gasteiger partial charge in [-0.05, 0) is 90.2 Å². The lowest BCUT2D eigenvalue weighted by Crippen LogP contribution is -1.94. The maximum atomic E-state index is 4.77. The first-order chi connectivity index (χ1) is 23.8. The Morgan fingerprint density at radius 1 is 0.396 bits per heavy atom. The van der Waals surface area contributed by atoms with Crippen molar-refractivity contribution >= 4 is 37.9 Å². The molecule has 0 radical (unpaired) electrons. The van der Waals surface area contributed by atoms with E-state index in [-0.39, 0.29) is 0 Å². The van der Waals surface area contributed by atoms with Crippen LogP contribution in [0.3, 0.4) is 0 Å². The van der Waals surface area contributed by atoms with Gasteiger partial charge in [-0.25, -0.2) is 0 Å². The van der Waals surface area contributed by atoms with Gasteiger partial charge in [0.15, 0.2) is 0 Å². The van der Waals surface area contributed by atoms with Crippen LogP contribution < -0.4 is 0 Å². The molecule has 48 heavy (non-hydrogen) atoms. The number of aromatic nitrogens is 1. The zero-order valence-corrected chi connectivity index (χ0v) is 26.6. The Bertz CT molecular complexity index is 2480. The Hall–Kier alpha value is -6.05. The molecule has 0 saturated carbocycles. The van der Waals surface area contributed by atoms with Crippen LogP contribution in [-0.4, -0.2) is 4.98 Å². The fourth-order valence-corrected chi connectivity index (χ4v) is 7.63. The monoisotopic (exact) mass is 611 g/mol. The molecule has 1 aromatic heterocycles. The van der Waals surface area contributed by atoms with E-state index in [0.717, 1.165) is 35.2 Å². The van der Waals surface area contributed by atoms with Gasteiger partial charge in [0.1, 0.15) is 0 Å². The summed E-state index contributed by atoms with van der Waals surface area (Å²) in [5.74, 6) is 0. The Balaban J connectivity index is 1.24. The summed E-state index contributed by atoms with van der Waals surface area (Å²) < 4.78 is 0. The molecule has 9 rings (SSSR count). The predicted octanol–water partition coefficient (Wildman–Crippen LogP) is 12.9. The number of nitrogens with zero attached hydrogens (tertiary/aromatic N) is 1. The van der Waals surface area contributed by atoms with Crippen LogP contribution in [0.4, 0.5) is 0 Å². The molecule has 7 aromatic carbocycles. The van der Waals surface area contributed by atoms with Crippen LogP contribution in [-0.2, 0) is 0 Å². The molecular weight excluding hydrogens is 579 g/mol. The second kappa shape index (κ2) is 12.0. The lowest BCUT2D eigenvalue weighted by atomic mass is 9.83. The molecule has 0 amide bonds. The molecule has 0 spiro atoms. The molecule has 1 heterocycles. The molecule has 8 aromatic rings. The second-order valence-corrected chi connectivity index (χ2v) is 12.5. The lowest BCUT2D eigenvalue weighted by molar-refractivity contribution is 1.06. The van der Waals surface area contributed by atoms with E-state index in [2.05, 4.69) is 158 Å². The second-order valence-electron chi connectivity index (χ2n) is 12.5. The Morgan fingerprint density at radius 2 is 0.958 bits per heavy atom. The van der Waals surface area contributed by atoms with Crippen molar-refractivity contribution in [3.63, 3.8) is 0 Å². The highest BCUT2D eigenvalue weighted by Gasteiger charge is 2.19. The van der Waals surface area contributed by atoms with Crippen molar-refractivity contribution in [2.45, 2.75) is 12.8 Å². The van der Waals surface area contributed by atoms with Gasteiger partial charge >= 0.3 is 0 Å². The minimum atomic E-state index is 1.00. The zero-order chi connectivity index (χ0) is 31.9. The molecule has 1 aliphatic carbocycles. The van der Waals surface area contributed by atoms with Gasteiger partial charge in [-0.2, -0.15) is 0 Å². The summed E-state index contributed by atoms with van der Waals surface area (Å²) in [6, 6.07) is 55.2. The van der Waals surface area contributed by atoms with Crippen molar-refractivity contribution in [2.24, 2.45) is 0 Å². The van der Waals surface area contributed by atoms with Crippen LogP contribution in [0.2, 0.25) is 0 Å². The van der Waals surface area contributed by atoms with E-state index in [1.54, 1.807) is 0 Å². The lowest BCUT2D eigenvalue weighted by Gasteiger charge is -2.20. The maximum Gasteiger partial charge on any atom is 0.0780 e. The van der Waals surface area contributed by atoms with Gasteiger partial charge in [-0.3, -0.25) is 4.98 Å². The van der Waals surface area contributed by atoms with E-state index < -0.39 is 0 Å². The molecule has 0 N–H and O–H groups in total. The summed E-state index contributed by atoms with van der Waals surface area (Å²) in [5, 5.41) is 7.67. The third kappa shape index (κ3) is 4.75. The highest BCUT2D eigenvalue weighted by Crippen LogP contribution is 2.46. The zero-order valence-electron chi connectivity index (χ0n) is 26.6. The van der Waals surface area contributed by atoms with Gasteiger partial charge in [0.2, 0.25) is 0 Å². The van der Waals surface area contributed by atoms with Crippen molar-refractivity contribution in [1.29, 1.82) is 0 Å². The van der Waals surface area contributed by atoms with Crippen LogP contribution in [0.5, 0.6) is 0 Å². The van der Waals surface area contributed by atoms with Crippen molar-refractivity contribution in [2.75, 3.05) is 0 Å². The molecular formula is C47H33N. The van der Waals surface area contributed by atoms with Crippen LogP contribution >= 0.6 is 0 Å². The van der Waals surface area contributed by atoms with Crippen LogP contribution in [0.1, 0.15) is 18.4 Å². The largest absolute Gasteiger partial charge is 0.256 e. The van der Waals surface area contributed by atoms with E-state index in [4.69, 9.17) is 4.98 Å². The quantitative estimate of drug-likeness (QED) is 0.176. The summed E-state index contributed by atoms with van der Waals surface area (Å²) in [6.07, 6.45) is 10.8. The first-order valence-corrected chi connectivity index (χ1v) is 16.8. The van der Waals surface area contributed by atoms with Crippen LogP contribution in [0.15, 0.2) is 176 Å². The van der Waals surface area contributed by atoms with Gasteiger partial charge in [-0.15, -0.1) is 0 Å². The first kappa shape index (κ1) is 28.2. The topological polar surface area (TPSA) is 12.9 Å². The number of fused-ring (bicyclic) bond motifs is 3. The van der Waals surface area contributed by atoms with E-state index in [1.165, 1.54) is 65.7 Å². The average molecular weight is 612 g/mol. The van der Waals surface area contributed by atoms with Gasteiger partial charge in [-0.1, -0.05) is 164 Å². The Morgan fingerprint density at radius 3 is 1.60 bits per heavy atom. The van der Waals surface area contributed by atoms with Gasteiger partial charge in [0.05, 0.1) is 5.69 Å². The molecule has 226 valence electrons. The van der Waals surface area contributed by atoms with E-state index in [0.29, 0.717) is 0 Å². The molecule has 0 bridgehead atoms. The summed E-state index contributed by atoms with van der Waals surface area (Å²) >= 11 is 0. The standard InChI is InChI=1S/C47H33N/c1-3-14-32(15-4-1)36-29-30-44(39-19-8-7-18-38(36)39)46-42-22-11-9-20-40(42)45(41-21-10-12-23-43(41)46)34-27-25-33(26-28-34)37-24-13-31-48-47(37)35-16-5-2-6-17-35/h1-3,5-14,16-31H,4,15H2. The van der Waals surface area contributed by atoms with Crippen molar-refractivity contribution < 1.29 is 0 Å². The highest BCUT2D eigenvalue weighted by atomic mass is 14.7. The van der Waals surface area contributed by atoms with Crippen molar-refractivity contribution in [3.8, 4) is 44.6 Å². The predicted molar refractivity (Wildman–Crippen MR) is 205 cm³/mol. The number of allylic oxidation sites excluding steroid dienone is 4. The van der Waals surface area contributed by atoms with E-state index in [1.807, 2.05) is 18.3 Å². The number of hydrogen-bond acceptors (Lipinski definition) is 1. The molecule has 0 saturated heterocycles. The van der Waals surface area contributed by atoms with Gasteiger partial charge < -0.3 is 0 Å². The first-order valence-electron chi connectivity index (χ1n) is 16.8. The molecule has 0 aliphatic heterocycles. The Labute approximate surface area is 281 Å². The fourth-order valence-electron chi connectivity index (χ4n) is 7.63. The minimum Gasteiger partial charge on any atom is -0.256 e. The Kier molecular flexibility index (Phi) is 7.02. The van der Waals surface area contributed by atoms with Crippen molar-refractivity contribution in [3.05, 3.63) is 182 Å². The van der Waals surface area contributed by atoms with Gasteiger partial charge in [0, 0.05) is 17.3 Å². The molecule has 0 atom stereocenters. The molecule has 0 unspecified atom stereocenters. The number of pyridine rings is 1. The summed E-state index contributed by atoms with van der Waals surface area (Å²) in [4.78, 5) is 4.77. The van der Waals surface area contributed by atoms with E-state index in [9.17, 15) is 0 Å². The van der Waals surface area contributed by atoms with Gasteiger partial charge in [0.25, 0.3) is 0 Å². The fraction of sp³-hybridized carbons (Fsp3) is 0.0426. The van der Waals surface area contributed by atoms with Crippen LogP contribution in [0.25, 0.3) is 82.5 Å². The summed E-state index contributed by atoms with van der Waals surface area (Å²) in [7, 11) is 0. The average Bonchev–Trinajstić information content (AvgIpc) is 3.17. The molecule has 0 fully saturated rings. The molecule has 1 heteroatoms. The third-order valence-corrected chi connectivity index (χ3v) is 9.82. The molecule has 1 aliphatic rings. The smallest absolute Gasteiger partial charge is 0.0780 e. The van der Waals surface area contributed by atoms with Crippen molar-refractivity contribution in [1.82, 2.24) is 4.98 Å². The SMILES string of the molecule is C1=CCCC(c2ccc(-c3c4ccccc4c(-c4ccc(-c5cccnc5-c5ccccc5)cc4)c4ccccc34)c3ccccc23)=C1. The number of benzene rings is 7. The minimum absolute atomic E-state index is 1.00. The highest BCUT2D eigenvalue weighted by molar-refractivity contribution is 6.24. The maximum absolute atomic E-state index is 4.77. The van der Waals surface area contributed by atoms with Crippen LogP contribution in [0, 0.1) is 0 Å². The summed E-state index contributed by atoms with van der Waals surface area (Å²) in [5.41, 5.74) is 12.2. The molecule has 1 nitrogen and oxygen atoms in total.